The number of aryl methyl sites for hydroxylation is 1. The number of nitrogens with zero attached hydrogens (tertiary/aromatic N) is 1. The van der Waals surface area contributed by atoms with Crippen LogP contribution in [0.3, 0.4) is 0 Å². The van der Waals surface area contributed by atoms with Gasteiger partial charge in [0.2, 0.25) is 0 Å². The van der Waals surface area contributed by atoms with E-state index in [2.05, 4.69) is 0 Å². The Morgan fingerprint density at radius 2 is 1.19 bits per heavy atom. The molecule has 0 unspecified atom stereocenters. The summed E-state index contributed by atoms with van der Waals surface area (Å²) in [4.78, 5) is 12.2. The monoisotopic (exact) mass is 569 g/mol. The molecular weight excluding hydrogens is 534 g/mol. The lowest BCUT2D eigenvalue weighted by Crippen LogP contribution is -2.64. The fourth-order valence-electron chi connectivity index (χ4n) is 4.89. The summed E-state index contributed by atoms with van der Waals surface area (Å²) in [6.07, 6.45) is -3.73. The van der Waals surface area contributed by atoms with Crippen molar-refractivity contribution in [3.8, 4) is 5.75 Å². The zero-order chi connectivity index (χ0) is 29.1. The molecule has 1 aliphatic heterocycles. The highest BCUT2D eigenvalue weighted by Gasteiger charge is 2.55. The third kappa shape index (κ3) is 8.02. The summed E-state index contributed by atoms with van der Waals surface area (Å²) in [5.74, 6) is 0.465. The first kappa shape index (κ1) is 29.4. The molecule has 0 radical (unpaired) electrons. The van der Waals surface area contributed by atoms with Gasteiger partial charge in [-0.15, -0.1) is 0 Å². The molecule has 0 amide bonds. The number of nitro groups is 1. The van der Waals surface area contributed by atoms with Crippen LogP contribution in [0.4, 0.5) is 0 Å². The number of hydrogen-bond donors (Lipinski definition) is 0. The molecule has 0 aliphatic carbocycles. The van der Waals surface area contributed by atoms with Gasteiger partial charge in [0.05, 0.1) is 26.4 Å². The van der Waals surface area contributed by atoms with Crippen molar-refractivity contribution >= 4 is 0 Å². The van der Waals surface area contributed by atoms with Gasteiger partial charge in [-0.1, -0.05) is 109 Å². The molecule has 1 saturated heterocycles. The van der Waals surface area contributed by atoms with E-state index in [1.165, 1.54) is 0 Å². The van der Waals surface area contributed by atoms with Crippen molar-refractivity contribution in [1.29, 1.82) is 0 Å². The predicted octanol–water partition coefficient (Wildman–Crippen LogP) is 6.13. The van der Waals surface area contributed by atoms with Crippen molar-refractivity contribution in [2.75, 3.05) is 6.61 Å². The molecule has 0 saturated carbocycles. The normalized spacial score (nSPS) is 22.0. The second-order valence-electron chi connectivity index (χ2n) is 10.3. The van der Waals surface area contributed by atoms with Gasteiger partial charge < -0.3 is 23.7 Å². The van der Waals surface area contributed by atoms with E-state index in [9.17, 15) is 10.1 Å². The van der Waals surface area contributed by atoms with Gasteiger partial charge in [0.1, 0.15) is 18.0 Å². The first-order valence-electron chi connectivity index (χ1n) is 14.0. The third-order valence-corrected chi connectivity index (χ3v) is 7.10. The third-order valence-electron chi connectivity index (χ3n) is 7.10. The van der Waals surface area contributed by atoms with Gasteiger partial charge in [-0.2, -0.15) is 0 Å². The van der Waals surface area contributed by atoms with Crippen LogP contribution in [0.2, 0.25) is 0 Å². The van der Waals surface area contributed by atoms with E-state index in [0.29, 0.717) is 12.4 Å². The number of ether oxygens (including phenoxy) is 5. The maximum Gasteiger partial charge on any atom is 0.302 e. The zero-order valence-electron chi connectivity index (χ0n) is 23.5. The lowest BCUT2D eigenvalue weighted by Gasteiger charge is -2.42. The SMILES string of the molecule is Cc1ccc(O[C@H]2O[C@H](COCc3ccccc3)[C@H](OCc3ccccc3)[C@H](OCc3ccccc3)[C@H]2[N+](=O)[O-])cc1. The summed E-state index contributed by atoms with van der Waals surface area (Å²) < 4.78 is 31.2. The molecule has 1 fully saturated rings. The van der Waals surface area contributed by atoms with Crippen LogP contribution < -0.4 is 4.74 Å². The van der Waals surface area contributed by atoms with Crippen LogP contribution in [0.5, 0.6) is 5.75 Å². The minimum absolute atomic E-state index is 0.123. The van der Waals surface area contributed by atoms with E-state index in [1.54, 1.807) is 12.1 Å². The zero-order valence-corrected chi connectivity index (χ0v) is 23.5. The largest absolute Gasteiger partial charge is 0.457 e. The molecule has 8 nitrogen and oxygen atoms in total. The van der Waals surface area contributed by atoms with Crippen molar-refractivity contribution in [1.82, 2.24) is 0 Å². The Hall–Kier alpha value is -4.08. The standard InChI is InChI=1S/C34H35NO7/c1-25-17-19-29(20-18-25)41-34-31(35(36)37)33(40-23-28-15-9-4-10-16-28)32(39-22-27-13-7-3-8-14-27)30(42-34)24-38-21-26-11-5-2-6-12-26/h2-20,30-34H,21-24H2,1H3/t30-,31-,32+,33-,34+/m1/s1. The molecule has 218 valence electrons. The molecular formula is C34H35NO7. The lowest BCUT2D eigenvalue weighted by atomic mass is 9.96. The van der Waals surface area contributed by atoms with Crippen LogP contribution in [-0.4, -0.2) is 42.2 Å². The maximum absolute atomic E-state index is 12.6. The Bertz CT molecular complexity index is 1370. The molecule has 4 aromatic carbocycles. The number of hydrogen-bond acceptors (Lipinski definition) is 7. The Balaban J connectivity index is 1.43. The van der Waals surface area contributed by atoms with Gasteiger partial charge in [0, 0.05) is 4.92 Å². The highest BCUT2D eigenvalue weighted by molar-refractivity contribution is 5.26. The maximum atomic E-state index is 12.6. The highest BCUT2D eigenvalue weighted by Crippen LogP contribution is 2.31. The van der Waals surface area contributed by atoms with Gasteiger partial charge in [-0.05, 0) is 35.7 Å². The summed E-state index contributed by atoms with van der Waals surface area (Å²) in [7, 11) is 0. The predicted molar refractivity (Wildman–Crippen MR) is 157 cm³/mol. The summed E-state index contributed by atoms with van der Waals surface area (Å²) in [6, 6.07) is 35.0. The Morgan fingerprint density at radius 3 is 1.71 bits per heavy atom. The van der Waals surface area contributed by atoms with Crippen molar-refractivity contribution in [2.45, 2.75) is 57.4 Å². The van der Waals surface area contributed by atoms with Crippen LogP contribution in [-0.2, 0) is 38.8 Å². The highest BCUT2D eigenvalue weighted by atomic mass is 16.7. The molecule has 1 aliphatic rings. The van der Waals surface area contributed by atoms with E-state index in [0.717, 1.165) is 22.3 Å². The molecule has 5 atom stereocenters. The molecule has 0 spiro atoms. The van der Waals surface area contributed by atoms with Crippen LogP contribution >= 0.6 is 0 Å². The van der Waals surface area contributed by atoms with E-state index in [1.807, 2.05) is 110 Å². The van der Waals surface area contributed by atoms with Crippen LogP contribution in [0.15, 0.2) is 115 Å². The van der Waals surface area contributed by atoms with E-state index in [4.69, 9.17) is 23.7 Å². The Labute approximate surface area is 245 Å². The molecule has 1 heterocycles. The summed E-state index contributed by atoms with van der Waals surface area (Å²) >= 11 is 0. The smallest absolute Gasteiger partial charge is 0.302 e. The second kappa shape index (κ2) is 14.7. The second-order valence-corrected chi connectivity index (χ2v) is 10.3. The summed E-state index contributed by atoms with van der Waals surface area (Å²) in [5.41, 5.74) is 3.87. The fourth-order valence-corrected chi connectivity index (χ4v) is 4.89. The van der Waals surface area contributed by atoms with E-state index in [-0.39, 0.29) is 19.8 Å². The van der Waals surface area contributed by atoms with Crippen LogP contribution in [0, 0.1) is 17.0 Å². The van der Waals surface area contributed by atoms with E-state index < -0.39 is 35.6 Å². The van der Waals surface area contributed by atoms with Crippen LogP contribution in [0.25, 0.3) is 0 Å². The lowest BCUT2D eigenvalue weighted by molar-refractivity contribution is -0.572. The molecule has 0 aromatic heterocycles. The minimum Gasteiger partial charge on any atom is -0.457 e. The van der Waals surface area contributed by atoms with Crippen molar-refractivity contribution in [3.05, 3.63) is 148 Å². The van der Waals surface area contributed by atoms with Crippen molar-refractivity contribution < 1.29 is 28.6 Å². The van der Waals surface area contributed by atoms with Gasteiger partial charge in [0.25, 0.3) is 6.29 Å². The van der Waals surface area contributed by atoms with Gasteiger partial charge >= 0.3 is 6.04 Å². The Morgan fingerprint density at radius 1 is 0.690 bits per heavy atom. The van der Waals surface area contributed by atoms with E-state index >= 15 is 0 Å². The molecule has 5 rings (SSSR count). The van der Waals surface area contributed by atoms with Crippen molar-refractivity contribution in [2.24, 2.45) is 0 Å². The average Bonchev–Trinajstić information content (AvgIpc) is 3.02. The van der Waals surface area contributed by atoms with Gasteiger partial charge in [0.15, 0.2) is 6.10 Å². The molecule has 42 heavy (non-hydrogen) atoms. The molecule has 0 N–H and O–H groups in total. The topological polar surface area (TPSA) is 89.3 Å². The Kier molecular flexibility index (Phi) is 10.3. The number of rotatable bonds is 13. The van der Waals surface area contributed by atoms with Crippen molar-refractivity contribution in [3.63, 3.8) is 0 Å². The minimum atomic E-state index is -1.36. The summed E-state index contributed by atoms with van der Waals surface area (Å²) in [6.45, 7) is 2.82. The summed E-state index contributed by atoms with van der Waals surface area (Å²) in [5, 5.41) is 12.6. The van der Waals surface area contributed by atoms with Gasteiger partial charge in [-0.25, -0.2) is 0 Å². The average molecular weight is 570 g/mol. The fraction of sp³-hybridized carbons (Fsp3) is 0.294. The first-order valence-corrected chi connectivity index (χ1v) is 14.0. The quantitative estimate of drug-likeness (QED) is 0.141. The molecule has 4 aromatic rings. The first-order chi connectivity index (χ1) is 20.6. The number of benzene rings is 4. The van der Waals surface area contributed by atoms with Crippen LogP contribution in [0.1, 0.15) is 22.3 Å². The molecule has 8 heteroatoms. The molecule has 0 bridgehead atoms. The van der Waals surface area contributed by atoms with Gasteiger partial charge in [-0.3, -0.25) is 10.1 Å².